The van der Waals surface area contributed by atoms with Crippen molar-refractivity contribution >= 4 is 21.7 Å². The van der Waals surface area contributed by atoms with Gasteiger partial charge in [-0.25, -0.2) is 13.1 Å². The molecule has 0 saturated carbocycles. The Kier molecular flexibility index (Phi) is 5.45. The van der Waals surface area contributed by atoms with E-state index in [9.17, 15) is 13.2 Å². The van der Waals surface area contributed by atoms with Gasteiger partial charge < -0.3 is 14.6 Å². The van der Waals surface area contributed by atoms with E-state index in [4.69, 9.17) is 4.52 Å². The summed E-state index contributed by atoms with van der Waals surface area (Å²) in [6, 6.07) is 0.614. The zero-order valence-electron chi connectivity index (χ0n) is 11.0. The van der Waals surface area contributed by atoms with Gasteiger partial charge in [0.05, 0.1) is 18.4 Å². The lowest BCUT2D eigenvalue weighted by Gasteiger charge is -2.12. The van der Waals surface area contributed by atoms with Gasteiger partial charge in [0, 0.05) is 13.2 Å². The quantitative estimate of drug-likeness (QED) is 0.724. The molecule has 8 nitrogen and oxygen atoms in total. The molecule has 0 aromatic carbocycles. The lowest BCUT2D eigenvalue weighted by molar-refractivity contribution is -0.117. The first-order valence-electron chi connectivity index (χ1n) is 5.57. The van der Waals surface area contributed by atoms with E-state index in [1.54, 1.807) is 6.92 Å². The van der Waals surface area contributed by atoms with Gasteiger partial charge in [0.1, 0.15) is 5.76 Å². The van der Waals surface area contributed by atoms with Crippen LogP contribution in [0.25, 0.3) is 0 Å². The third kappa shape index (κ3) is 5.37. The molecule has 9 heteroatoms. The van der Waals surface area contributed by atoms with E-state index in [0.717, 1.165) is 0 Å². The number of aromatic nitrogens is 1. The van der Waals surface area contributed by atoms with E-state index in [2.05, 4.69) is 19.9 Å². The fourth-order valence-electron chi connectivity index (χ4n) is 1.23. The molecule has 1 amide bonds. The zero-order chi connectivity index (χ0) is 14.5. The number of nitrogens with zero attached hydrogens (tertiary/aromatic N) is 1. The van der Waals surface area contributed by atoms with Crippen LogP contribution >= 0.6 is 0 Å². The van der Waals surface area contributed by atoms with Crippen LogP contribution in [0.2, 0.25) is 0 Å². The van der Waals surface area contributed by atoms with Crippen molar-refractivity contribution in [2.45, 2.75) is 19.9 Å². The molecule has 0 unspecified atom stereocenters. The van der Waals surface area contributed by atoms with Crippen LogP contribution in [0.4, 0.5) is 5.82 Å². The van der Waals surface area contributed by atoms with E-state index in [0.29, 0.717) is 5.76 Å². The van der Waals surface area contributed by atoms with Gasteiger partial charge in [-0.2, -0.15) is 0 Å². The number of carbonyl (C=O) groups excluding carboxylic acids is 1. The largest absolute Gasteiger partial charge is 0.384 e. The molecule has 1 aromatic rings. The zero-order valence-corrected chi connectivity index (χ0v) is 11.8. The number of amides is 1. The van der Waals surface area contributed by atoms with Crippen molar-refractivity contribution in [2.75, 3.05) is 24.8 Å². The third-order valence-electron chi connectivity index (χ3n) is 2.19. The van der Waals surface area contributed by atoms with Crippen molar-refractivity contribution in [3.63, 3.8) is 0 Å². The maximum absolute atomic E-state index is 11.7. The first-order valence-corrected chi connectivity index (χ1v) is 7.22. The second-order valence-electron chi connectivity index (χ2n) is 3.96. The minimum Gasteiger partial charge on any atom is -0.384 e. The number of anilines is 1. The number of hydrogen-bond donors (Lipinski definition) is 2. The third-order valence-corrected chi connectivity index (χ3v) is 3.60. The molecule has 19 heavy (non-hydrogen) atoms. The average Bonchev–Trinajstić information content (AvgIpc) is 2.71. The van der Waals surface area contributed by atoms with Gasteiger partial charge in [-0.15, -0.1) is 0 Å². The van der Waals surface area contributed by atoms with Crippen LogP contribution in [-0.4, -0.2) is 45.0 Å². The van der Waals surface area contributed by atoms with Gasteiger partial charge in [-0.3, -0.25) is 4.79 Å². The Morgan fingerprint density at radius 1 is 1.58 bits per heavy atom. The SMILES string of the molecule is COCCS(=O)(=O)N[C@H](C)C(=O)Nc1cc(C)on1. The van der Waals surface area contributed by atoms with Crippen LogP contribution in [0, 0.1) is 6.92 Å². The summed E-state index contributed by atoms with van der Waals surface area (Å²) in [4.78, 5) is 11.7. The Hall–Kier alpha value is -1.45. The molecule has 1 aromatic heterocycles. The molecule has 0 saturated heterocycles. The second kappa shape index (κ2) is 6.64. The topological polar surface area (TPSA) is 111 Å². The summed E-state index contributed by atoms with van der Waals surface area (Å²) >= 11 is 0. The molecule has 2 N–H and O–H groups in total. The van der Waals surface area contributed by atoms with Crippen LogP contribution in [0.1, 0.15) is 12.7 Å². The summed E-state index contributed by atoms with van der Waals surface area (Å²) in [5, 5.41) is 6.02. The molecule has 0 spiro atoms. The summed E-state index contributed by atoms with van der Waals surface area (Å²) in [6.45, 7) is 3.18. The van der Waals surface area contributed by atoms with Gasteiger partial charge in [-0.1, -0.05) is 5.16 Å². The minimum absolute atomic E-state index is 0.0617. The van der Waals surface area contributed by atoms with Crippen molar-refractivity contribution in [2.24, 2.45) is 0 Å². The number of sulfonamides is 1. The number of carbonyl (C=O) groups is 1. The first-order chi connectivity index (χ1) is 8.84. The highest BCUT2D eigenvalue weighted by Crippen LogP contribution is 2.07. The van der Waals surface area contributed by atoms with Crippen molar-refractivity contribution < 1.29 is 22.5 Å². The van der Waals surface area contributed by atoms with Crippen LogP contribution in [-0.2, 0) is 19.6 Å². The first kappa shape index (κ1) is 15.6. The van der Waals surface area contributed by atoms with E-state index in [1.807, 2.05) is 0 Å². The number of aryl methyl sites for hydroxylation is 1. The van der Waals surface area contributed by atoms with Crippen molar-refractivity contribution in [3.05, 3.63) is 11.8 Å². The highest BCUT2D eigenvalue weighted by molar-refractivity contribution is 7.89. The van der Waals surface area contributed by atoms with Gasteiger partial charge in [-0.05, 0) is 13.8 Å². The predicted molar refractivity (Wildman–Crippen MR) is 68.1 cm³/mol. The van der Waals surface area contributed by atoms with E-state index < -0.39 is 22.0 Å². The Bertz CT molecular complexity index is 525. The molecule has 0 bridgehead atoms. The fraction of sp³-hybridized carbons (Fsp3) is 0.600. The molecule has 108 valence electrons. The summed E-state index contributed by atoms with van der Waals surface area (Å²) in [7, 11) is -2.15. The molecule has 0 aliphatic rings. The van der Waals surface area contributed by atoms with Gasteiger partial charge >= 0.3 is 0 Å². The Balaban J connectivity index is 2.53. The van der Waals surface area contributed by atoms with Crippen LogP contribution in [0.5, 0.6) is 0 Å². The number of ether oxygens (including phenoxy) is 1. The van der Waals surface area contributed by atoms with Crippen LogP contribution in [0.3, 0.4) is 0 Å². The van der Waals surface area contributed by atoms with Crippen molar-refractivity contribution in [1.29, 1.82) is 0 Å². The molecular weight excluding hydrogens is 274 g/mol. The van der Waals surface area contributed by atoms with E-state index >= 15 is 0 Å². The molecule has 0 aliphatic heterocycles. The maximum atomic E-state index is 11.7. The maximum Gasteiger partial charge on any atom is 0.243 e. The molecule has 1 rings (SSSR count). The van der Waals surface area contributed by atoms with E-state index in [-0.39, 0.29) is 18.2 Å². The number of hydrogen-bond acceptors (Lipinski definition) is 6. The van der Waals surface area contributed by atoms with Crippen molar-refractivity contribution in [3.8, 4) is 0 Å². The van der Waals surface area contributed by atoms with Crippen LogP contribution < -0.4 is 10.0 Å². The summed E-state index contributed by atoms with van der Waals surface area (Å²) in [6.07, 6.45) is 0. The lowest BCUT2D eigenvalue weighted by Crippen LogP contribution is -2.43. The monoisotopic (exact) mass is 291 g/mol. The molecule has 1 heterocycles. The highest BCUT2D eigenvalue weighted by atomic mass is 32.2. The molecule has 0 aliphatic carbocycles. The summed E-state index contributed by atoms with van der Waals surface area (Å²) in [5.74, 6) is 0.0628. The lowest BCUT2D eigenvalue weighted by atomic mass is 10.3. The number of methoxy groups -OCH3 is 1. The predicted octanol–water partition coefficient (Wildman–Crippen LogP) is -0.124. The molecule has 0 radical (unpaired) electrons. The number of nitrogens with one attached hydrogen (secondary N) is 2. The van der Waals surface area contributed by atoms with Crippen LogP contribution in [0.15, 0.2) is 10.6 Å². The highest BCUT2D eigenvalue weighted by Gasteiger charge is 2.20. The second-order valence-corrected chi connectivity index (χ2v) is 5.84. The number of rotatable bonds is 7. The smallest absolute Gasteiger partial charge is 0.243 e. The fourth-order valence-corrected chi connectivity index (χ4v) is 2.38. The summed E-state index contributed by atoms with van der Waals surface area (Å²) in [5.41, 5.74) is 0. The average molecular weight is 291 g/mol. The van der Waals surface area contributed by atoms with Gasteiger partial charge in [0.25, 0.3) is 0 Å². The van der Waals surface area contributed by atoms with Gasteiger partial charge in [0.15, 0.2) is 5.82 Å². The Morgan fingerprint density at radius 3 is 2.79 bits per heavy atom. The van der Waals surface area contributed by atoms with Crippen molar-refractivity contribution in [1.82, 2.24) is 9.88 Å². The van der Waals surface area contributed by atoms with Gasteiger partial charge in [0.2, 0.25) is 15.9 Å². The standard InChI is InChI=1S/C10H17N3O5S/c1-7-6-9(12-18-7)11-10(14)8(2)13-19(15,16)5-4-17-3/h6,8,13H,4-5H2,1-3H3,(H,11,12,14)/t8-/m1/s1. The molecular formula is C10H17N3O5S. The van der Waals surface area contributed by atoms with E-state index in [1.165, 1.54) is 20.1 Å². The Labute approximate surface area is 111 Å². The molecule has 0 fully saturated rings. The Morgan fingerprint density at radius 2 is 2.26 bits per heavy atom. The summed E-state index contributed by atoms with van der Waals surface area (Å²) < 4.78 is 34.8. The molecule has 1 atom stereocenters. The minimum atomic E-state index is -3.55. The normalized spacial score (nSPS) is 13.2.